The number of aliphatic carboxylic acids is 3. The fourth-order valence-electron chi connectivity index (χ4n) is 8.86. The molecule has 2 aromatic carbocycles. The maximum absolute atomic E-state index is 14.6. The molecule has 0 saturated carbocycles. The van der Waals surface area contributed by atoms with Crippen molar-refractivity contribution in [3.05, 3.63) is 89.7 Å². The molecule has 422 valence electrons. The summed E-state index contributed by atoms with van der Waals surface area (Å²) >= 11 is 0. The number of aromatic nitrogens is 1. The molecule has 24 heteroatoms. The molecule has 8 amide bonds. The minimum atomic E-state index is -1.64. The van der Waals surface area contributed by atoms with Gasteiger partial charge in [-0.1, -0.05) is 42.8 Å². The molecule has 0 spiro atoms. The number of amides is 8. The Morgan fingerprint density at radius 1 is 0.705 bits per heavy atom. The number of hydrogen-bond donors (Lipinski definition) is 11. The molecule has 78 heavy (non-hydrogen) atoms. The number of nitrogens with two attached hydrogens (primary N) is 1. The summed E-state index contributed by atoms with van der Waals surface area (Å²) in [5.74, 6) is -10.8. The van der Waals surface area contributed by atoms with Gasteiger partial charge in [-0.15, -0.1) is 0 Å². The van der Waals surface area contributed by atoms with Gasteiger partial charge in [0.2, 0.25) is 23.6 Å². The van der Waals surface area contributed by atoms with Crippen molar-refractivity contribution in [2.75, 3.05) is 30.3 Å². The van der Waals surface area contributed by atoms with Crippen molar-refractivity contribution >= 4 is 76.5 Å². The van der Waals surface area contributed by atoms with Crippen LogP contribution in [0.5, 0.6) is 0 Å². The van der Waals surface area contributed by atoms with Crippen LogP contribution in [-0.2, 0) is 56.0 Å². The highest BCUT2D eigenvalue weighted by atomic mass is 16.4. The average molecular weight is 1090 g/mol. The zero-order valence-corrected chi connectivity index (χ0v) is 43.6. The third-order valence-corrected chi connectivity index (χ3v) is 13.0. The van der Waals surface area contributed by atoms with Crippen LogP contribution >= 0.6 is 0 Å². The number of para-hydroxylation sites is 1. The van der Waals surface area contributed by atoms with E-state index in [1.54, 1.807) is 54.9 Å². The monoisotopic (exact) mass is 1090 g/mol. The van der Waals surface area contributed by atoms with Crippen molar-refractivity contribution in [3.8, 4) is 0 Å². The molecule has 1 aliphatic rings. The summed E-state index contributed by atoms with van der Waals surface area (Å²) in [5.41, 5.74) is 8.53. The van der Waals surface area contributed by atoms with E-state index in [0.29, 0.717) is 36.2 Å². The average Bonchev–Trinajstić information content (AvgIpc) is 3.79. The highest BCUT2D eigenvalue weighted by Crippen LogP contribution is 2.24. The third kappa shape index (κ3) is 22.5. The van der Waals surface area contributed by atoms with Gasteiger partial charge in [0.05, 0.1) is 24.5 Å². The SMILES string of the molecule is Cc1ccccc1NC(=O)Nc1ccc(CC(=O)C[C@@H](CCCCNC(=O)CCc2cccnc2)C(=O)N[C@@H](CCCC(=O)O)C(=O)N2C[C@H](O)C[C@H]2C(=O)N[C@@H](CCCCNC(N)=O)C(=O)C[C@@H](CC(=O)O)C(=O)O)cc1. The van der Waals surface area contributed by atoms with E-state index in [1.165, 1.54) is 0 Å². The molecule has 1 fully saturated rings. The summed E-state index contributed by atoms with van der Waals surface area (Å²) in [6.07, 6.45) is 0.781. The Labute approximate surface area is 451 Å². The van der Waals surface area contributed by atoms with Crippen LogP contribution in [0.25, 0.3) is 0 Å². The summed E-state index contributed by atoms with van der Waals surface area (Å²) < 4.78 is 0. The minimum Gasteiger partial charge on any atom is -0.481 e. The Hall–Kier alpha value is -8.28. The number of aliphatic hydroxyl groups excluding tert-OH is 1. The first kappa shape index (κ1) is 62.3. The molecule has 0 radical (unpaired) electrons. The van der Waals surface area contributed by atoms with Crippen molar-refractivity contribution in [3.63, 3.8) is 0 Å². The molecule has 2 heterocycles. The first-order valence-corrected chi connectivity index (χ1v) is 25.9. The van der Waals surface area contributed by atoms with Crippen molar-refractivity contribution in [1.82, 2.24) is 31.2 Å². The zero-order chi connectivity index (χ0) is 57.1. The molecule has 1 saturated heterocycles. The van der Waals surface area contributed by atoms with Crippen LogP contribution in [0.2, 0.25) is 0 Å². The van der Waals surface area contributed by atoms with Gasteiger partial charge in [-0.2, -0.15) is 0 Å². The first-order valence-electron chi connectivity index (χ1n) is 25.9. The number of β-amino-alcohol motifs (C(OH)–C–C–N with tert-alkyl or cyclic N) is 1. The van der Waals surface area contributed by atoms with Crippen LogP contribution in [0.3, 0.4) is 0 Å². The quantitative estimate of drug-likeness (QED) is 0.0382. The number of carboxylic acid groups (broad SMARTS) is 3. The first-order chi connectivity index (χ1) is 37.2. The second-order valence-electron chi connectivity index (χ2n) is 19.3. The van der Waals surface area contributed by atoms with E-state index in [0.717, 1.165) is 16.0 Å². The summed E-state index contributed by atoms with van der Waals surface area (Å²) in [4.78, 5) is 147. The molecular weight excluding hydrogens is 1010 g/mol. The predicted molar refractivity (Wildman–Crippen MR) is 282 cm³/mol. The lowest BCUT2D eigenvalue weighted by Crippen LogP contribution is -2.56. The van der Waals surface area contributed by atoms with Crippen LogP contribution in [0, 0.1) is 18.8 Å². The number of anilines is 2. The number of carbonyl (C=O) groups is 11. The van der Waals surface area contributed by atoms with Gasteiger partial charge in [-0.3, -0.25) is 48.1 Å². The highest BCUT2D eigenvalue weighted by Gasteiger charge is 2.43. The third-order valence-electron chi connectivity index (χ3n) is 13.0. The number of primary amides is 1. The number of ketones is 2. The van der Waals surface area contributed by atoms with Gasteiger partial charge in [0.15, 0.2) is 5.78 Å². The molecule has 24 nitrogen and oxygen atoms in total. The fourth-order valence-corrected chi connectivity index (χ4v) is 8.86. The van der Waals surface area contributed by atoms with Crippen molar-refractivity contribution in [1.29, 1.82) is 0 Å². The van der Waals surface area contributed by atoms with E-state index in [1.807, 2.05) is 25.1 Å². The van der Waals surface area contributed by atoms with Crippen molar-refractivity contribution < 1.29 is 73.2 Å². The number of urea groups is 2. The zero-order valence-electron chi connectivity index (χ0n) is 43.6. The van der Waals surface area contributed by atoms with E-state index in [2.05, 4.69) is 36.9 Å². The standard InChI is InChI=1S/C54H71N9O15/c1-33-10-2-3-13-41(33)62-54(78)59-38-20-17-34(18-21-38)26-39(64)27-36(12-4-6-24-57-46(67)22-19-35-11-9-23-56-31-35)49(72)61-43(15-8-16-47(68)69)51(74)63-32-40(65)30-44(63)50(73)60-42(14-5-7-25-58-53(55)77)45(66)28-37(52(75)76)29-48(70)71/h2-3,9-11,13,17-18,20-21,23,31,36-37,40,42-44,65H,4-8,12,14-16,19,22,24-30,32H2,1H3,(H,57,67)(H,60,73)(H,61,72)(H,68,69)(H,70,71)(H,75,76)(H3,55,58,77)(H2,59,62,78)/t36-,37+,40-,42+,43+,44+/m1/s1. The second kappa shape index (κ2) is 32.3. The van der Waals surface area contributed by atoms with Gasteiger partial charge in [-0.05, 0) is 99.2 Å². The summed E-state index contributed by atoms with van der Waals surface area (Å²) in [6, 6.07) is 11.8. The Morgan fingerprint density at radius 2 is 1.40 bits per heavy atom. The number of carboxylic acids is 3. The number of nitrogens with zero attached hydrogens (tertiary/aromatic N) is 2. The number of likely N-dealkylation sites (tertiary alicyclic amines) is 1. The van der Waals surface area contributed by atoms with Crippen LogP contribution in [-0.4, -0.2) is 139 Å². The number of unbranched alkanes of at least 4 members (excludes halogenated alkanes) is 2. The largest absolute Gasteiger partial charge is 0.481 e. The number of nitrogens with one attached hydrogen (secondary N) is 6. The van der Waals surface area contributed by atoms with E-state index >= 15 is 0 Å². The van der Waals surface area contributed by atoms with E-state index in [4.69, 9.17) is 5.73 Å². The maximum Gasteiger partial charge on any atom is 0.323 e. The Morgan fingerprint density at radius 3 is 2.05 bits per heavy atom. The number of pyridine rings is 1. The number of benzene rings is 2. The summed E-state index contributed by atoms with van der Waals surface area (Å²) in [6.45, 7) is 1.79. The number of rotatable bonds is 34. The van der Waals surface area contributed by atoms with Gasteiger partial charge in [0, 0.05) is 87.8 Å². The molecule has 0 bridgehead atoms. The number of aliphatic hydroxyl groups is 1. The summed E-state index contributed by atoms with van der Waals surface area (Å²) in [5, 5.41) is 55.2. The Balaban J connectivity index is 1.51. The van der Waals surface area contributed by atoms with Gasteiger partial charge in [-0.25, -0.2) is 9.59 Å². The molecular formula is C54H71N9O15. The fraction of sp³-hybridized carbons (Fsp3) is 0.481. The molecule has 0 aliphatic carbocycles. The van der Waals surface area contributed by atoms with Gasteiger partial charge < -0.3 is 63.0 Å². The van der Waals surface area contributed by atoms with Gasteiger partial charge in [0.1, 0.15) is 17.9 Å². The molecule has 0 unspecified atom stereocenters. The number of hydrogen-bond acceptors (Lipinski definition) is 13. The molecule has 4 rings (SSSR count). The molecule has 3 aromatic rings. The molecule has 12 N–H and O–H groups in total. The second-order valence-corrected chi connectivity index (χ2v) is 19.3. The predicted octanol–water partition coefficient (Wildman–Crippen LogP) is 3.23. The molecule has 6 atom stereocenters. The van der Waals surface area contributed by atoms with Gasteiger partial charge >= 0.3 is 30.0 Å². The van der Waals surface area contributed by atoms with E-state index < -0.39 is 115 Å². The number of carbonyl (C=O) groups excluding carboxylic acids is 8. The van der Waals surface area contributed by atoms with Crippen molar-refractivity contribution in [2.24, 2.45) is 17.6 Å². The molecule has 1 aliphatic heterocycles. The van der Waals surface area contributed by atoms with Crippen LogP contribution in [0.15, 0.2) is 73.1 Å². The highest BCUT2D eigenvalue weighted by molar-refractivity contribution is 6.00. The van der Waals surface area contributed by atoms with Crippen LogP contribution in [0.4, 0.5) is 21.0 Å². The lowest BCUT2D eigenvalue weighted by atomic mass is 9.92. The van der Waals surface area contributed by atoms with E-state index in [9.17, 15) is 73.2 Å². The number of Topliss-reactive ketones (excluding diaryl/α,β-unsaturated/α-hetero) is 2. The maximum atomic E-state index is 14.6. The van der Waals surface area contributed by atoms with Gasteiger partial charge in [0.25, 0.3) is 0 Å². The van der Waals surface area contributed by atoms with Crippen LogP contribution < -0.4 is 37.6 Å². The minimum absolute atomic E-state index is 0.0955. The molecule has 1 aromatic heterocycles. The van der Waals surface area contributed by atoms with E-state index in [-0.39, 0.29) is 89.0 Å². The Bertz CT molecular complexity index is 2560. The smallest absolute Gasteiger partial charge is 0.323 e. The lowest BCUT2D eigenvalue weighted by Gasteiger charge is -2.30. The lowest BCUT2D eigenvalue weighted by molar-refractivity contribution is -0.149. The normalized spacial score (nSPS) is 15.3. The number of aryl methyl sites for hydroxylation is 2. The Kier molecular flexibility index (Phi) is 25.8. The van der Waals surface area contributed by atoms with Crippen LogP contribution in [0.1, 0.15) is 107 Å². The topological polar surface area (TPSA) is 383 Å². The van der Waals surface area contributed by atoms with Crippen molar-refractivity contribution in [2.45, 2.75) is 134 Å². The summed E-state index contributed by atoms with van der Waals surface area (Å²) in [7, 11) is 0.